The Kier molecular flexibility index (Phi) is 4.50. The number of rotatable bonds is 4. The zero-order valence-corrected chi connectivity index (χ0v) is 11.1. The molecule has 0 saturated carbocycles. The minimum absolute atomic E-state index is 0.135. The Bertz CT molecular complexity index is 392. The molecule has 4 nitrogen and oxygen atoms in total. The van der Waals surface area contributed by atoms with Gasteiger partial charge in [0.2, 0.25) is 0 Å². The van der Waals surface area contributed by atoms with Gasteiger partial charge in [-0.1, -0.05) is 6.07 Å². The molecule has 2 heterocycles. The van der Waals surface area contributed by atoms with Gasteiger partial charge in [0.15, 0.2) is 0 Å². The molecule has 1 unspecified atom stereocenters. The van der Waals surface area contributed by atoms with E-state index in [0.717, 1.165) is 25.9 Å². The summed E-state index contributed by atoms with van der Waals surface area (Å²) in [5.41, 5.74) is 0.437. The molecule has 2 rings (SSSR count). The topological polar surface area (TPSA) is 51.2 Å². The minimum Gasteiger partial charge on any atom is -0.378 e. The number of hydrogen-bond donors (Lipinski definition) is 1. The highest BCUT2D eigenvalue weighted by Gasteiger charge is 2.15. The molecule has 1 aliphatic rings. The number of nitrogens with zero attached hydrogens (tertiary/aromatic N) is 1. The second-order valence-electron chi connectivity index (χ2n) is 4.03. The molecule has 0 radical (unpaired) electrons. The zero-order valence-electron chi connectivity index (χ0n) is 9.49. The van der Waals surface area contributed by atoms with Crippen LogP contribution in [0.4, 0.5) is 0 Å². The number of halogens is 1. The van der Waals surface area contributed by atoms with Gasteiger partial charge in [-0.3, -0.25) is 4.79 Å². The molecule has 0 aliphatic carbocycles. The van der Waals surface area contributed by atoms with E-state index in [1.54, 1.807) is 18.2 Å². The SMILES string of the molecule is O=C(NCCC1CCCO1)c1cccc(Br)n1. The fourth-order valence-corrected chi connectivity index (χ4v) is 2.19. The minimum atomic E-state index is -0.135. The molecule has 1 amide bonds. The van der Waals surface area contributed by atoms with Crippen LogP contribution >= 0.6 is 15.9 Å². The lowest BCUT2D eigenvalue weighted by Gasteiger charge is -2.09. The van der Waals surface area contributed by atoms with Crippen LogP contribution in [0.15, 0.2) is 22.8 Å². The van der Waals surface area contributed by atoms with Crippen LogP contribution in [-0.4, -0.2) is 30.1 Å². The third-order valence-corrected chi connectivity index (χ3v) is 3.17. The van der Waals surface area contributed by atoms with E-state index in [-0.39, 0.29) is 5.91 Å². The van der Waals surface area contributed by atoms with Crippen LogP contribution in [0.5, 0.6) is 0 Å². The molecule has 0 bridgehead atoms. The monoisotopic (exact) mass is 298 g/mol. The fraction of sp³-hybridized carbons (Fsp3) is 0.500. The number of nitrogens with one attached hydrogen (secondary N) is 1. The van der Waals surface area contributed by atoms with E-state index in [4.69, 9.17) is 4.74 Å². The van der Waals surface area contributed by atoms with Crippen molar-refractivity contribution < 1.29 is 9.53 Å². The van der Waals surface area contributed by atoms with E-state index < -0.39 is 0 Å². The first-order chi connectivity index (χ1) is 8.25. The van der Waals surface area contributed by atoms with Crippen LogP contribution in [0.2, 0.25) is 0 Å². The molecule has 1 atom stereocenters. The summed E-state index contributed by atoms with van der Waals surface area (Å²) >= 11 is 3.24. The number of ether oxygens (including phenoxy) is 1. The lowest BCUT2D eigenvalue weighted by molar-refractivity contribution is 0.0903. The summed E-state index contributed by atoms with van der Waals surface area (Å²) in [6, 6.07) is 5.29. The van der Waals surface area contributed by atoms with Crippen molar-refractivity contribution in [1.82, 2.24) is 10.3 Å². The smallest absolute Gasteiger partial charge is 0.269 e. The fourth-order valence-electron chi connectivity index (χ4n) is 1.84. The normalized spacial score (nSPS) is 19.2. The van der Waals surface area contributed by atoms with Gasteiger partial charge in [-0.2, -0.15) is 0 Å². The number of amides is 1. The molecule has 1 fully saturated rings. The number of hydrogen-bond acceptors (Lipinski definition) is 3. The van der Waals surface area contributed by atoms with Crippen molar-refractivity contribution in [1.29, 1.82) is 0 Å². The highest BCUT2D eigenvalue weighted by Crippen LogP contribution is 2.14. The standard InChI is InChI=1S/C12H15BrN2O2/c13-11-5-1-4-10(15-11)12(16)14-7-6-9-3-2-8-17-9/h1,4-5,9H,2-3,6-8H2,(H,14,16). The maximum Gasteiger partial charge on any atom is 0.269 e. The summed E-state index contributed by atoms with van der Waals surface area (Å²) in [5, 5.41) is 2.85. The number of pyridine rings is 1. The lowest BCUT2D eigenvalue weighted by atomic mass is 10.2. The van der Waals surface area contributed by atoms with Crippen LogP contribution in [0.3, 0.4) is 0 Å². The molecule has 1 N–H and O–H groups in total. The molecule has 92 valence electrons. The van der Waals surface area contributed by atoms with E-state index in [9.17, 15) is 4.79 Å². The van der Waals surface area contributed by atoms with Gasteiger partial charge in [-0.05, 0) is 47.3 Å². The Morgan fingerprint density at radius 1 is 1.59 bits per heavy atom. The molecule has 1 saturated heterocycles. The first kappa shape index (κ1) is 12.5. The van der Waals surface area contributed by atoms with Crippen molar-refractivity contribution in [2.45, 2.75) is 25.4 Å². The Balaban J connectivity index is 1.77. The van der Waals surface area contributed by atoms with Gasteiger partial charge in [0, 0.05) is 13.2 Å². The maximum atomic E-state index is 11.7. The Morgan fingerprint density at radius 3 is 3.18 bits per heavy atom. The van der Waals surface area contributed by atoms with Gasteiger partial charge in [-0.25, -0.2) is 4.98 Å². The molecule has 1 aromatic rings. The van der Waals surface area contributed by atoms with Crippen molar-refractivity contribution in [2.75, 3.05) is 13.2 Å². The van der Waals surface area contributed by atoms with Crippen LogP contribution in [0, 0.1) is 0 Å². The van der Waals surface area contributed by atoms with E-state index in [1.807, 2.05) is 0 Å². The highest BCUT2D eigenvalue weighted by molar-refractivity contribution is 9.10. The number of carbonyl (C=O) groups excluding carboxylic acids is 1. The van der Waals surface area contributed by atoms with E-state index in [1.165, 1.54) is 0 Å². The Labute approximate surface area is 109 Å². The summed E-state index contributed by atoms with van der Waals surface area (Å²) in [4.78, 5) is 15.8. The molecule has 1 aliphatic heterocycles. The number of carbonyl (C=O) groups is 1. The van der Waals surface area contributed by atoms with Crippen molar-refractivity contribution in [3.8, 4) is 0 Å². The number of aromatic nitrogens is 1. The Morgan fingerprint density at radius 2 is 2.47 bits per heavy atom. The zero-order chi connectivity index (χ0) is 12.1. The molecule has 1 aromatic heterocycles. The van der Waals surface area contributed by atoms with Gasteiger partial charge >= 0.3 is 0 Å². The van der Waals surface area contributed by atoms with Crippen LogP contribution in [0.1, 0.15) is 29.8 Å². The Hall–Kier alpha value is -0.940. The first-order valence-corrected chi connectivity index (χ1v) is 6.57. The van der Waals surface area contributed by atoms with Gasteiger partial charge in [0.25, 0.3) is 5.91 Å². The maximum absolute atomic E-state index is 11.7. The van der Waals surface area contributed by atoms with Crippen molar-refractivity contribution in [3.05, 3.63) is 28.5 Å². The average Bonchev–Trinajstić information content (AvgIpc) is 2.82. The van der Waals surface area contributed by atoms with E-state index in [0.29, 0.717) is 22.9 Å². The first-order valence-electron chi connectivity index (χ1n) is 5.78. The summed E-state index contributed by atoms with van der Waals surface area (Å²) in [7, 11) is 0. The quantitative estimate of drug-likeness (QED) is 0.867. The van der Waals surface area contributed by atoms with E-state index in [2.05, 4.69) is 26.2 Å². The third kappa shape index (κ3) is 3.78. The summed E-state index contributed by atoms with van der Waals surface area (Å²) in [6.07, 6.45) is 3.42. The van der Waals surface area contributed by atoms with Gasteiger partial charge in [0.05, 0.1) is 6.10 Å². The molecular weight excluding hydrogens is 284 g/mol. The summed E-state index contributed by atoms with van der Waals surface area (Å²) in [6.45, 7) is 1.49. The average molecular weight is 299 g/mol. The predicted molar refractivity (Wildman–Crippen MR) is 67.9 cm³/mol. The van der Waals surface area contributed by atoms with E-state index >= 15 is 0 Å². The van der Waals surface area contributed by atoms with Crippen LogP contribution in [0.25, 0.3) is 0 Å². The second-order valence-corrected chi connectivity index (χ2v) is 4.84. The summed E-state index contributed by atoms with van der Waals surface area (Å²) in [5.74, 6) is -0.135. The highest BCUT2D eigenvalue weighted by atomic mass is 79.9. The molecule has 0 spiro atoms. The predicted octanol–water partition coefficient (Wildman–Crippen LogP) is 2.14. The van der Waals surface area contributed by atoms with Crippen molar-refractivity contribution >= 4 is 21.8 Å². The molecule has 17 heavy (non-hydrogen) atoms. The van der Waals surface area contributed by atoms with Gasteiger partial charge in [-0.15, -0.1) is 0 Å². The largest absolute Gasteiger partial charge is 0.378 e. The van der Waals surface area contributed by atoms with Crippen LogP contribution < -0.4 is 5.32 Å². The van der Waals surface area contributed by atoms with Crippen LogP contribution in [-0.2, 0) is 4.74 Å². The third-order valence-electron chi connectivity index (χ3n) is 2.72. The summed E-state index contributed by atoms with van der Waals surface area (Å²) < 4.78 is 6.16. The lowest BCUT2D eigenvalue weighted by Crippen LogP contribution is -2.27. The molecular formula is C12H15BrN2O2. The molecule has 5 heteroatoms. The second kappa shape index (κ2) is 6.12. The van der Waals surface area contributed by atoms with Gasteiger partial charge < -0.3 is 10.1 Å². The van der Waals surface area contributed by atoms with Crippen molar-refractivity contribution in [2.24, 2.45) is 0 Å². The molecule has 0 aromatic carbocycles. The van der Waals surface area contributed by atoms with Crippen molar-refractivity contribution in [3.63, 3.8) is 0 Å². The van der Waals surface area contributed by atoms with Gasteiger partial charge in [0.1, 0.15) is 10.3 Å².